The zero-order chi connectivity index (χ0) is 17.5. The Hall–Kier alpha value is -2.53. The van der Waals surface area contributed by atoms with E-state index < -0.39 is 0 Å². The number of hydrogen-bond donors (Lipinski definition) is 0. The van der Waals surface area contributed by atoms with Gasteiger partial charge in [-0.05, 0) is 55.9 Å². The molecular weight excluding hydrogens is 322 g/mol. The monoisotopic (exact) mass is 345 g/mol. The van der Waals surface area contributed by atoms with E-state index in [1.54, 1.807) is 0 Å². The first kappa shape index (κ1) is 15.7. The fourth-order valence-corrected chi connectivity index (χ4v) is 4.23. The van der Waals surface area contributed by atoms with Crippen LogP contribution in [0, 0.1) is 6.92 Å². The first-order chi connectivity index (χ1) is 12.8. The Bertz CT molecular complexity index is 945. The summed E-state index contributed by atoms with van der Waals surface area (Å²) in [5, 5.41) is 5.01. The molecule has 0 unspecified atom stereocenters. The Morgan fingerprint density at radius 3 is 2.85 bits per heavy atom. The predicted molar refractivity (Wildman–Crippen MR) is 100 cm³/mol. The third-order valence-electron chi connectivity index (χ3n) is 5.53. The van der Waals surface area contributed by atoms with Crippen LogP contribution < -0.4 is 0 Å². The molecule has 0 saturated heterocycles. The Kier molecular flexibility index (Phi) is 3.82. The largest absolute Gasteiger partial charge is 0.291 e. The number of para-hydroxylation sites is 1. The van der Waals surface area contributed by atoms with Crippen LogP contribution in [-0.4, -0.2) is 31.2 Å². The van der Waals surface area contributed by atoms with Crippen LogP contribution in [0.2, 0.25) is 0 Å². The fraction of sp³-hybridized carbons (Fsp3) is 0.381. The molecule has 0 radical (unpaired) electrons. The van der Waals surface area contributed by atoms with Crippen LogP contribution >= 0.6 is 0 Å². The van der Waals surface area contributed by atoms with Gasteiger partial charge in [-0.2, -0.15) is 5.10 Å². The van der Waals surface area contributed by atoms with Crippen molar-refractivity contribution in [3.63, 3.8) is 0 Å². The highest BCUT2D eigenvalue weighted by atomic mass is 15.3. The number of fused-ring (bicyclic) bond motifs is 2. The molecule has 2 aliphatic rings. The van der Waals surface area contributed by atoms with Gasteiger partial charge in [-0.25, -0.2) is 14.6 Å². The maximum atomic E-state index is 5.01. The SMILES string of the molecule is Cc1ncc2c(n1)CN(Cc1nn(-c3ccccc3)c3c1CCC3)CC2. The van der Waals surface area contributed by atoms with Gasteiger partial charge >= 0.3 is 0 Å². The van der Waals surface area contributed by atoms with E-state index in [0.717, 1.165) is 44.7 Å². The second-order valence-electron chi connectivity index (χ2n) is 7.32. The molecule has 0 amide bonds. The van der Waals surface area contributed by atoms with Crippen molar-refractivity contribution in [2.24, 2.45) is 0 Å². The third kappa shape index (κ3) is 2.72. The van der Waals surface area contributed by atoms with Gasteiger partial charge in [0.25, 0.3) is 0 Å². The second kappa shape index (κ2) is 6.32. The van der Waals surface area contributed by atoms with Gasteiger partial charge in [-0.1, -0.05) is 18.2 Å². The minimum atomic E-state index is 0.861. The smallest absolute Gasteiger partial charge is 0.125 e. The Morgan fingerprint density at radius 2 is 1.96 bits per heavy atom. The maximum Gasteiger partial charge on any atom is 0.125 e. The molecule has 1 aromatic carbocycles. The summed E-state index contributed by atoms with van der Waals surface area (Å²) < 4.78 is 2.17. The Balaban J connectivity index is 1.43. The first-order valence-electron chi connectivity index (χ1n) is 9.47. The Labute approximate surface area is 153 Å². The van der Waals surface area contributed by atoms with Gasteiger partial charge < -0.3 is 0 Å². The molecule has 1 aliphatic carbocycles. The van der Waals surface area contributed by atoms with E-state index >= 15 is 0 Å². The van der Waals surface area contributed by atoms with Crippen LogP contribution in [0.1, 0.15) is 40.5 Å². The highest BCUT2D eigenvalue weighted by Gasteiger charge is 2.26. The number of rotatable bonds is 3. The molecule has 5 nitrogen and oxygen atoms in total. The van der Waals surface area contributed by atoms with Crippen molar-refractivity contribution in [2.45, 2.75) is 45.7 Å². The molecule has 132 valence electrons. The molecule has 1 aliphatic heterocycles. The topological polar surface area (TPSA) is 46.8 Å². The van der Waals surface area contributed by atoms with E-state index in [9.17, 15) is 0 Å². The van der Waals surface area contributed by atoms with Crippen LogP contribution in [0.4, 0.5) is 0 Å². The van der Waals surface area contributed by atoms with Crippen molar-refractivity contribution in [1.82, 2.24) is 24.6 Å². The summed E-state index contributed by atoms with van der Waals surface area (Å²) in [6.07, 6.45) is 6.55. The van der Waals surface area contributed by atoms with Gasteiger partial charge in [0, 0.05) is 31.5 Å². The molecule has 3 heterocycles. The molecular formula is C21H23N5. The molecule has 0 fully saturated rings. The van der Waals surface area contributed by atoms with Crippen molar-refractivity contribution in [3.8, 4) is 5.69 Å². The van der Waals surface area contributed by atoms with E-state index in [4.69, 9.17) is 5.10 Å². The molecule has 26 heavy (non-hydrogen) atoms. The van der Waals surface area contributed by atoms with Crippen LogP contribution in [0.3, 0.4) is 0 Å². The van der Waals surface area contributed by atoms with Gasteiger partial charge in [0.05, 0.1) is 17.1 Å². The zero-order valence-electron chi connectivity index (χ0n) is 15.1. The lowest BCUT2D eigenvalue weighted by atomic mass is 10.1. The number of benzene rings is 1. The molecule has 2 aromatic heterocycles. The zero-order valence-corrected chi connectivity index (χ0v) is 15.1. The highest BCUT2D eigenvalue weighted by molar-refractivity contribution is 5.40. The van der Waals surface area contributed by atoms with E-state index in [1.807, 2.05) is 13.1 Å². The quantitative estimate of drug-likeness (QED) is 0.732. The van der Waals surface area contributed by atoms with Gasteiger partial charge in [-0.3, -0.25) is 4.90 Å². The lowest BCUT2D eigenvalue weighted by molar-refractivity contribution is 0.237. The average molecular weight is 345 g/mol. The lowest BCUT2D eigenvalue weighted by Gasteiger charge is -2.27. The van der Waals surface area contributed by atoms with Gasteiger partial charge in [-0.15, -0.1) is 0 Å². The van der Waals surface area contributed by atoms with Crippen molar-refractivity contribution in [3.05, 3.63) is 70.6 Å². The minimum absolute atomic E-state index is 0.861. The summed E-state index contributed by atoms with van der Waals surface area (Å²) in [6.45, 7) is 4.82. The van der Waals surface area contributed by atoms with Crippen LogP contribution in [0.15, 0.2) is 36.5 Å². The highest BCUT2D eigenvalue weighted by Crippen LogP contribution is 2.29. The average Bonchev–Trinajstić information content (AvgIpc) is 3.26. The standard InChI is InChI=1S/C21H23N5/c1-15-22-12-16-10-11-25(13-19(16)23-15)14-20-18-8-5-9-21(18)26(24-20)17-6-3-2-4-7-17/h2-4,6-7,12H,5,8-11,13-14H2,1H3. The number of aryl methyl sites for hydroxylation is 1. The number of nitrogens with zero attached hydrogens (tertiary/aromatic N) is 5. The molecule has 5 heteroatoms. The summed E-state index contributed by atoms with van der Waals surface area (Å²) >= 11 is 0. The molecule has 0 saturated carbocycles. The number of aromatic nitrogens is 4. The summed E-state index contributed by atoms with van der Waals surface area (Å²) in [5.74, 6) is 0.861. The van der Waals surface area contributed by atoms with Crippen molar-refractivity contribution >= 4 is 0 Å². The van der Waals surface area contributed by atoms with Crippen LogP contribution in [0.25, 0.3) is 5.69 Å². The van der Waals surface area contributed by atoms with Crippen molar-refractivity contribution in [1.29, 1.82) is 0 Å². The third-order valence-corrected chi connectivity index (χ3v) is 5.53. The summed E-state index contributed by atoms with van der Waals surface area (Å²) in [6, 6.07) is 10.5. The summed E-state index contributed by atoms with van der Waals surface area (Å²) in [7, 11) is 0. The summed E-state index contributed by atoms with van der Waals surface area (Å²) in [5.41, 5.74) is 7.77. The van der Waals surface area contributed by atoms with Crippen LogP contribution in [-0.2, 0) is 32.4 Å². The molecule has 0 atom stereocenters. The lowest BCUT2D eigenvalue weighted by Crippen LogP contribution is -2.31. The molecule has 3 aromatic rings. The van der Waals surface area contributed by atoms with E-state index in [0.29, 0.717) is 0 Å². The van der Waals surface area contributed by atoms with E-state index in [1.165, 1.54) is 40.3 Å². The predicted octanol–water partition coefficient (Wildman–Crippen LogP) is 3.02. The normalized spacial score (nSPS) is 16.5. The molecule has 5 rings (SSSR count). The molecule has 0 N–H and O–H groups in total. The van der Waals surface area contributed by atoms with Crippen LogP contribution in [0.5, 0.6) is 0 Å². The molecule has 0 bridgehead atoms. The molecule has 0 spiro atoms. The maximum absolute atomic E-state index is 5.01. The van der Waals surface area contributed by atoms with E-state index in [-0.39, 0.29) is 0 Å². The van der Waals surface area contributed by atoms with Crippen molar-refractivity contribution in [2.75, 3.05) is 6.54 Å². The van der Waals surface area contributed by atoms with E-state index in [2.05, 4.69) is 49.9 Å². The van der Waals surface area contributed by atoms with Gasteiger partial charge in [0.2, 0.25) is 0 Å². The Morgan fingerprint density at radius 1 is 1.08 bits per heavy atom. The minimum Gasteiger partial charge on any atom is -0.291 e. The second-order valence-corrected chi connectivity index (χ2v) is 7.32. The number of hydrogen-bond acceptors (Lipinski definition) is 4. The van der Waals surface area contributed by atoms with Crippen molar-refractivity contribution < 1.29 is 0 Å². The summed E-state index contributed by atoms with van der Waals surface area (Å²) in [4.78, 5) is 11.5. The van der Waals surface area contributed by atoms with Gasteiger partial charge in [0.15, 0.2) is 0 Å². The first-order valence-corrected chi connectivity index (χ1v) is 9.47. The van der Waals surface area contributed by atoms with Gasteiger partial charge in [0.1, 0.15) is 5.82 Å². The fourth-order valence-electron chi connectivity index (χ4n) is 4.23.